The first-order valence-electron chi connectivity index (χ1n) is 8.97. The molecule has 1 heterocycles. The minimum atomic E-state index is -0.190. The van der Waals surface area contributed by atoms with Crippen molar-refractivity contribution in [2.24, 2.45) is 5.92 Å². The van der Waals surface area contributed by atoms with Crippen LogP contribution in [0.25, 0.3) is 10.9 Å². The highest BCUT2D eigenvalue weighted by Gasteiger charge is 2.22. The second-order valence-electron chi connectivity index (χ2n) is 6.81. The number of carbonyl (C=O) groups is 2. The van der Waals surface area contributed by atoms with Gasteiger partial charge in [-0.05, 0) is 43.9 Å². The summed E-state index contributed by atoms with van der Waals surface area (Å²) in [5, 5.41) is 3.54. The predicted molar refractivity (Wildman–Crippen MR) is 101 cm³/mol. The van der Waals surface area contributed by atoms with Crippen LogP contribution in [-0.4, -0.2) is 30.4 Å². The predicted octanol–water partition coefficient (Wildman–Crippen LogP) is 3.04. The summed E-state index contributed by atoms with van der Waals surface area (Å²) in [7, 11) is 1.80. The molecule has 4 N–H and O–H groups in total. The second-order valence-corrected chi connectivity index (χ2v) is 6.81. The summed E-state index contributed by atoms with van der Waals surface area (Å²) in [6.45, 7) is 2.41. The van der Waals surface area contributed by atoms with Gasteiger partial charge in [0.2, 0.25) is 5.91 Å². The Morgan fingerprint density at radius 1 is 1.32 bits per heavy atom. The maximum absolute atomic E-state index is 12.5. The summed E-state index contributed by atoms with van der Waals surface area (Å²) in [6, 6.07) is 5.59. The fraction of sp³-hybridized carbons (Fsp3) is 0.474. The number of fused-ring (bicyclic) bond motifs is 1. The average Bonchev–Trinajstić information content (AvgIpc) is 3.20. The molecule has 1 fully saturated rings. The summed E-state index contributed by atoms with van der Waals surface area (Å²) in [4.78, 5) is 29.5. The van der Waals surface area contributed by atoms with E-state index in [-0.39, 0.29) is 11.8 Å². The molecular formula is C19H26N4O2. The van der Waals surface area contributed by atoms with Gasteiger partial charge in [0.1, 0.15) is 5.82 Å². The van der Waals surface area contributed by atoms with Gasteiger partial charge >= 0.3 is 0 Å². The molecule has 0 aliphatic heterocycles. The van der Waals surface area contributed by atoms with Crippen LogP contribution in [0.4, 0.5) is 11.5 Å². The Labute approximate surface area is 147 Å². The van der Waals surface area contributed by atoms with Crippen LogP contribution < -0.4 is 16.0 Å². The van der Waals surface area contributed by atoms with Gasteiger partial charge in [-0.3, -0.25) is 9.59 Å². The molecule has 0 radical (unpaired) electrons. The fourth-order valence-electron chi connectivity index (χ4n) is 3.65. The number of aromatic nitrogens is 1. The van der Waals surface area contributed by atoms with Gasteiger partial charge in [0.05, 0.1) is 5.56 Å². The van der Waals surface area contributed by atoms with Crippen molar-refractivity contribution in [1.29, 1.82) is 0 Å². The monoisotopic (exact) mass is 342 g/mol. The van der Waals surface area contributed by atoms with Crippen molar-refractivity contribution in [3.05, 3.63) is 23.8 Å². The number of amides is 2. The van der Waals surface area contributed by atoms with Gasteiger partial charge in [0.25, 0.3) is 5.91 Å². The minimum absolute atomic E-state index is 0.134. The molecule has 0 unspecified atom stereocenters. The zero-order valence-corrected chi connectivity index (χ0v) is 14.9. The molecule has 1 aromatic heterocycles. The first-order valence-corrected chi connectivity index (χ1v) is 8.97. The number of aromatic amines is 1. The molecule has 1 aliphatic rings. The van der Waals surface area contributed by atoms with Gasteiger partial charge in [0, 0.05) is 36.6 Å². The third-order valence-electron chi connectivity index (χ3n) is 5.08. The number of hydrogen-bond acceptors (Lipinski definition) is 3. The van der Waals surface area contributed by atoms with E-state index in [0.717, 1.165) is 29.4 Å². The molecule has 1 aromatic carbocycles. The van der Waals surface area contributed by atoms with E-state index in [1.165, 1.54) is 12.8 Å². The van der Waals surface area contributed by atoms with E-state index < -0.39 is 0 Å². The maximum atomic E-state index is 12.5. The lowest BCUT2D eigenvalue weighted by atomic mass is 10.0. The highest BCUT2D eigenvalue weighted by molar-refractivity contribution is 6.12. The Bertz CT molecular complexity index is 790. The topological polar surface area (TPSA) is 91.2 Å². The molecule has 0 atom stereocenters. The fourth-order valence-corrected chi connectivity index (χ4v) is 3.65. The van der Waals surface area contributed by atoms with Crippen LogP contribution >= 0.6 is 0 Å². The standard InChI is InChI=1S/C19H26N4O2/c1-3-21-19(25)17-14-9-8-13(11-15(14)22-18(17)20)23(2)16(24)10-12-6-4-5-7-12/h8-9,11-12,22H,3-7,10,20H2,1-2H3,(H,21,25). The van der Waals surface area contributed by atoms with Gasteiger partial charge in [-0.1, -0.05) is 12.8 Å². The van der Waals surface area contributed by atoms with E-state index in [1.54, 1.807) is 11.9 Å². The Balaban J connectivity index is 1.83. The number of benzene rings is 1. The highest BCUT2D eigenvalue weighted by Crippen LogP contribution is 2.31. The van der Waals surface area contributed by atoms with E-state index in [9.17, 15) is 9.59 Å². The van der Waals surface area contributed by atoms with Crippen LogP contribution in [0.5, 0.6) is 0 Å². The first kappa shape index (κ1) is 17.3. The Hall–Kier alpha value is -2.50. The number of nitrogens with zero attached hydrogens (tertiary/aromatic N) is 1. The largest absolute Gasteiger partial charge is 0.385 e. The molecule has 6 nitrogen and oxygen atoms in total. The SMILES string of the molecule is CCNC(=O)c1c(N)[nH]c2cc(N(C)C(=O)CC3CCCC3)ccc12. The van der Waals surface area contributed by atoms with E-state index in [0.29, 0.717) is 30.3 Å². The second kappa shape index (κ2) is 7.17. The minimum Gasteiger partial charge on any atom is -0.385 e. The molecule has 134 valence electrons. The van der Waals surface area contributed by atoms with Gasteiger partial charge in [0.15, 0.2) is 0 Å². The average molecular weight is 342 g/mol. The van der Waals surface area contributed by atoms with Gasteiger partial charge < -0.3 is 20.9 Å². The van der Waals surface area contributed by atoms with Crippen molar-refractivity contribution in [2.75, 3.05) is 24.2 Å². The Morgan fingerprint density at radius 3 is 2.72 bits per heavy atom. The van der Waals surface area contributed by atoms with Gasteiger partial charge in [-0.15, -0.1) is 0 Å². The van der Waals surface area contributed by atoms with Crippen molar-refractivity contribution in [3.8, 4) is 0 Å². The van der Waals surface area contributed by atoms with E-state index >= 15 is 0 Å². The van der Waals surface area contributed by atoms with Crippen LogP contribution in [0.1, 0.15) is 49.4 Å². The first-order chi connectivity index (χ1) is 12.0. The number of nitrogen functional groups attached to an aromatic ring is 1. The summed E-state index contributed by atoms with van der Waals surface area (Å²) >= 11 is 0. The lowest BCUT2D eigenvalue weighted by Crippen LogP contribution is -2.27. The maximum Gasteiger partial charge on any atom is 0.255 e. The summed E-state index contributed by atoms with van der Waals surface area (Å²) < 4.78 is 0. The van der Waals surface area contributed by atoms with Crippen molar-refractivity contribution in [2.45, 2.75) is 39.0 Å². The van der Waals surface area contributed by atoms with Crippen molar-refractivity contribution in [3.63, 3.8) is 0 Å². The molecular weight excluding hydrogens is 316 g/mol. The number of hydrogen-bond donors (Lipinski definition) is 3. The number of nitrogens with one attached hydrogen (secondary N) is 2. The van der Waals surface area contributed by atoms with Crippen LogP contribution in [0, 0.1) is 5.92 Å². The van der Waals surface area contributed by atoms with Gasteiger partial charge in [-0.2, -0.15) is 0 Å². The number of anilines is 2. The molecule has 0 bridgehead atoms. The number of H-pyrrole nitrogens is 1. The molecule has 25 heavy (non-hydrogen) atoms. The number of rotatable bonds is 5. The zero-order valence-electron chi connectivity index (χ0n) is 14.9. The third kappa shape index (κ3) is 3.48. The highest BCUT2D eigenvalue weighted by atomic mass is 16.2. The molecule has 0 spiro atoms. The van der Waals surface area contributed by atoms with E-state index in [4.69, 9.17) is 5.73 Å². The summed E-state index contributed by atoms with van der Waals surface area (Å²) in [5.74, 6) is 0.807. The van der Waals surface area contributed by atoms with Crippen LogP contribution in [0.15, 0.2) is 18.2 Å². The molecule has 2 aromatic rings. The molecule has 0 saturated heterocycles. The summed E-state index contributed by atoms with van der Waals surface area (Å²) in [6.07, 6.45) is 5.38. The number of carbonyl (C=O) groups excluding carboxylic acids is 2. The lowest BCUT2D eigenvalue weighted by Gasteiger charge is -2.19. The van der Waals surface area contributed by atoms with Crippen LogP contribution in [0.2, 0.25) is 0 Å². The Kier molecular flexibility index (Phi) is 4.97. The molecule has 1 saturated carbocycles. The van der Waals surface area contributed by atoms with Crippen LogP contribution in [0.3, 0.4) is 0 Å². The van der Waals surface area contributed by atoms with Crippen LogP contribution in [-0.2, 0) is 4.79 Å². The summed E-state index contributed by atoms with van der Waals surface area (Å²) in [5.41, 5.74) is 8.01. The van der Waals surface area contributed by atoms with Gasteiger partial charge in [-0.25, -0.2) is 0 Å². The van der Waals surface area contributed by atoms with Crippen molar-refractivity contribution in [1.82, 2.24) is 10.3 Å². The van der Waals surface area contributed by atoms with E-state index in [2.05, 4.69) is 10.3 Å². The van der Waals surface area contributed by atoms with Crippen molar-refractivity contribution < 1.29 is 9.59 Å². The van der Waals surface area contributed by atoms with E-state index in [1.807, 2.05) is 25.1 Å². The Morgan fingerprint density at radius 2 is 2.04 bits per heavy atom. The smallest absolute Gasteiger partial charge is 0.255 e. The normalized spacial score (nSPS) is 14.8. The van der Waals surface area contributed by atoms with Crippen molar-refractivity contribution >= 4 is 34.2 Å². The molecule has 6 heteroatoms. The molecule has 2 amide bonds. The third-order valence-corrected chi connectivity index (χ3v) is 5.08. The zero-order chi connectivity index (χ0) is 18.0. The quantitative estimate of drug-likeness (QED) is 0.780. The lowest BCUT2D eigenvalue weighted by molar-refractivity contribution is -0.119. The number of nitrogens with two attached hydrogens (primary N) is 1. The molecule has 3 rings (SSSR count). The molecule has 1 aliphatic carbocycles.